The standard InChI is InChI=1S/C17H17NO6S2/c1-23-10-2-4-11(5-3-10)26(21,22)18-8-6-13-12(7-9-25-13)14-15(18)17(20)24-16(14)19/h2-5,7,9,14-16,19H,6,8H2,1H3. The van der Waals surface area contributed by atoms with E-state index in [4.69, 9.17) is 9.47 Å². The molecule has 0 radical (unpaired) electrons. The van der Waals surface area contributed by atoms with Crippen molar-refractivity contribution >= 4 is 27.3 Å². The van der Waals surface area contributed by atoms with Gasteiger partial charge >= 0.3 is 5.97 Å². The molecule has 3 heterocycles. The fraction of sp³-hybridized carbons (Fsp3) is 0.353. The Morgan fingerprint density at radius 1 is 1.27 bits per heavy atom. The van der Waals surface area contributed by atoms with Crippen LogP contribution in [0.3, 0.4) is 0 Å². The Labute approximate surface area is 154 Å². The van der Waals surface area contributed by atoms with Gasteiger partial charge in [-0.1, -0.05) is 0 Å². The summed E-state index contributed by atoms with van der Waals surface area (Å²) in [6, 6.07) is 6.75. The zero-order valence-electron chi connectivity index (χ0n) is 13.9. The molecule has 3 atom stereocenters. The van der Waals surface area contributed by atoms with Crippen molar-refractivity contribution in [1.29, 1.82) is 0 Å². The molecule has 1 fully saturated rings. The Hall–Kier alpha value is -1.94. The Morgan fingerprint density at radius 3 is 2.69 bits per heavy atom. The van der Waals surface area contributed by atoms with Crippen LogP contribution in [0.5, 0.6) is 5.75 Å². The van der Waals surface area contributed by atoms with Gasteiger partial charge in [0.2, 0.25) is 16.3 Å². The molecule has 0 amide bonds. The van der Waals surface area contributed by atoms with Crippen molar-refractivity contribution in [2.24, 2.45) is 0 Å². The smallest absolute Gasteiger partial charge is 0.327 e. The van der Waals surface area contributed by atoms with Crippen LogP contribution in [0, 0.1) is 0 Å². The van der Waals surface area contributed by atoms with Crippen molar-refractivity contribution in [3.63, 3.8) is 0 Å². The lowest BCUT2D eigenvalue weighted by Crippen LogP contribution is -2.45. The minimum absolute atomic E-state index is 0.0662. The highest BCUT2D eigenvalue weighted by Crippen LogP contribution is 2.42. The van der Waals surface area contributed by atoms with Crippen LogP contribution in [0.15, 0.2) is 40.6 Å². The number of fused-ring (bicyclic) bond motifs is 3. The van der Waals surface area contributed by atoms with E-state index >= 15 is 0 Å². The quantitative estimate of drug-likeness (QED) is 0.789. The maximum Gasteiger partial charge on any atom is 0.327 e. The molecule has 9 heteroatoms. The first-order chi connectivity index (χ1) is 12.4. The number of ether oxygens (including phenoxy) is 2. The highest BCUT2D eigenvalue weighted by atomic mass is 32.2. The summed E-state index contributed by atoms with van der Waals surface area (Å²) in [4.78, 5) is 13.4. The van der Waals surface area contributed by atoms with Crippen LogP contribution in [0.4, 0.5) is 0 Å². The number of carbonyl (C=O) groups is 1. The summed E-state index contributed by atoms with van der Waals surface area (Å²) in [7, 11) is -2.45. The van der Waals surface area contributed by atoms with Gasteiger partial charge in [-0.2, -0.15) is 4.31 Å². The van der Waals surface area contributed by atoms with Gasteiger partial charge in [0.25, 0.3) is 0 Å². The molecule has 7 nitrogen and oxygen atoms in total. The molecular formula is C17H17NO6S2. The third-order valence-corrected chi connectivity index (χ3v) is 7.69. The minimum Gasteiger partial charge on any atom is -0.497 e. The average Bonchev–Trinajstić information content (AvgIpc) is 3.14. The van der Waals surface area contributed by atoms with Crippen LogP contribution in [0.1, 0.15) is 16.4 Å². The predicted molar refractivity (Wildman–Crippen MR) is 93.5 cm³/mol. The monoisotopic (exact) mass is 395 g/mol. The van der Waals surface area contributed by atoms with E-state index in [2.05, 4.69) is 0 Å². The molecule has 26 heavy (non-hydrogen) atoms. The molecule has 4 rings (SSSR count). The van der Waals surface area contributed by atoms with Gasteiger partial charge in [0.05, 0.1) is 17.9 Å². The third kappa shape index (κ3) is 2.62. The van der Waals surface area contributed by atoms with Crippen LogP contribution < -0.4 is 4.74 Å². The van der Waals surface area contributed by atoms with Crippen LogP contribution in [-0.4, -0.2) is 49.8 Å². The molecule has 1 saturated heterocycles. The highest BCUT2D eigenvalue weighted by molar-refractivity contribution is 7.89. The number of sulfonamides is 1. The number of hydrogen-bond acceptors (Lipinski definition) is 7. The van der Waals surface area contributed by atoms with Gasteiger partial charge in [0.1, 0.15) is 11.8 Å². The maximum atomic E-state index is 13.2. The first-order valence-electron chi connectivity index (χ1n) is 8.04. The summed E-state index contributed by atoms with van der Waals surface area (Å²) in [5, 5.41) is 12.1. The number of aliphatic hydroxyl groups is 1. The second kappa shape index (κ2) is 6.34. The highest BCUT2D eigenvalue weighted by Gasteiger charge is 2.53. The number of aliphatic hydroxyl groups excluding tert-OH is 1. The zero-order chi connectivity index (χ0) is 18.5. The Bertz CT molecular complexity index is 936. The summed E-state index contributed by atoms with van der Waals surface area (Å²) >= 11 is 1.49. The van der Waals surface area contributed by atoms with Crippen LogP contribution in [0.25, 0.3) is 0 Å². The lowest BCUT2D eigenvalue weighted by Gasteiger charge is -2.27. The second-order valence-electron chi connectivity index (χ2n) is 6.14. The minimum atomic E-state index is -3.95. The molecule has 2 aliphatic heterocycles. The number of rotatable bonds is 3. The van der Waals surface area contributed by atoms with Crippen molar-refractivity contribution in [2.45, 2.75) is 29.6 Å². The van der Waals surface area contributed by atoms with Gasteiger partial charge in [-0.15, -0.1) is 11.3 Å². The Morgan fingerprint density at radius 2 is 2.00 bits per heavy atom. The Balaban J connectivity index is 1.78. The molecule has 0 bridgehead atoms. The zero-order valence-corrected chi connectivity index (χ0v) is 15.5. The lowest BCUT2D eigenvalue weighted by atomic mass is 9.94. The fourth-order valence-electron chi connectivity index (χ4n) is 3.54. The average molecular weight is 395 g/mol. The summed E-state index contributed by atoms with van der Waals surface area (Å²) in [5.74, 6) is -0.909. The molecule has 2 aromatic rings. The van der Waals surface area contributed by atoms with E-state index in [0.29, 0.717) is 12.2 Å². The first-order valence-corrected chi connectivity index (χ1v) is 10.4. The predicted octanol–water partition coefficient (Wildman–Crippen LogP) is 1.33. The van der Waals surface area contributed by atoms with E-state index in [1.54, 1.807) is 12.1 Å². The van der Waals surface area contributed by atoms with Crippen molar-refractivity contribution in [3.8, 4) is 5.75 Å². The summed E-state index contributed by atoms with van der Waals surface area (Å²) in [6.45, 7) is 0.144. The number of benzene rings is 1. The van der Waals surface area contributed by atoms with Gasteiger partial charge < -0.3 is 14.6 Å². The van der Waals surface area contributed by atoms with E-state index in [1.807, 2.05) is 11.4 Å². The van der Waals surface area contributed by atoms with Crippen molar-refractivity contribution < 1.29 is 27.8 Å². The maximum absolute atomic E-state index is 13.2. The van der Waals surface area contributed by atoms with Crippen molar-refractivity contribution in [2.75, 3.05) is 13.7 Å². The Kier molecular flexibility index (Phi) is 4.26. The van der Waals surface area contributed by atoms with Gasteiger partial charge in [-0.05, 0) is 47.7 Å². The molecule has 0 aliphatic carbocycles. The second-order valence-corrected chi connectivity index (χ2v) is 9.03. The first kappa shape index (κ1) is 17.5. The number of nitrogens with zero attached hydrogens (tertiary/aromatic N) is 1. The molecule has 1 N–H and O–H groups in total. The lowest BCUT2D eigenvalue weighted by molar-refractivity contribution is -0.155. The van der Waals surface area contributed by atoms with Crippen LogP contribution in [0.2, 0.25) is 0 Å². The number of thiophene rings is 1. The summed E-state index contributed by atoms with van der Waals surface area (Å²) < 4.78 is 37.6. The van der Waals surface area contributed by atoms with Gasteiger partial charge in [0, 0.05) is 11.4 Å². The number of hydrogen-bond donors (Lipinski definition) is 1. The van der Waals surface area contributed by atoms with Crippen molar-refractivity contribution in [3.05, 3.63) is 46.2 Å². The number of cyclic esters (lactones) is 1. The molecule has 138 valence electrons. The third-order valence-electron chi connectivity index (χ3n) is 4.80. The SMILES string of the molecule is COc1ccc(S(=O)(=O)N2CCc3sccc3C3C(O)OC(=O)C32)cc1. The number of carbonyl (C=O) groups excluding carboxylic acids is 1. The van der Waals surface area contributed by atoms with E-state index in [1.165, 1.54) is 30.6 Å². The largest absolute Gasteiger partial charge is 0.497 e. The number of esters is 1. The molecule has 0 spiro atoms. The van der Waals surface area contributed by atoms with Gasteiger partial charge in [-0.25, -0.2) is 8.42 Å². The molecule has 1 aromatic carbocycles. The van der Waals surface area contributed by atoms with E-state index in [-0.39, 0.29) is 11.4 Å². The topological polar surface area (TPSA) is 93.1 Å². The van der Waals surface area contributed by atoms with Crippen molar-refractivity contribution in [1.82, 2.24) is 4.31 Å². The number of methoxy groups -OCH3 is 1. The normalized spacial score (nSPS) is 25.9. The van der Waals surface area contributed by atoms with Crippen LogP contribution >= 0.6 is 11.3 Å². The molecule has 2 aliphatic rings. The van der Waals surface area contributed by atoms with Gasteiger partial charge in [-0.3, -0.25) is 4.79 Å². The molecule has 3 unspecified atom stereocenters. The van der Waals surface area contributed by atoms with Gasteiger partial charge in [0.15, 0.2) is 0 Å². The molecule has 0 saturated carbocycles. The van der Waals surface area contributed by atoms with E-state index < -0.39 is 34.2 Å². The molecular weight excluding hydrogens is 378 g/mol. The summed E-state index contributed by atoms with van der Waals surface area (Å²) in [5.41, 5.74) is 0.783. The van der Waals surface area contributed by atoms with E-state index in [0.717, 1.165) is 14.7 Å². The molecule has 1 aromatic heterocycles. The fourth-order valence-corrected chi connectivity index (χ4v) is 6.07. The van der Waals surface area contributed by atoms with Crippen LogP contribution in [-0.2, 0) is 26.0 Å². The van der Waals surface area contributed by atoms with E-state index in [9.17, 15) is 18.3 Å². The summed E-state index contributed by atoms with van der Waals surface area (Å²) in [6.07, 6.45) is -0.873.